The molecule has 1 amide bonds. The Hall–Kier alpha value is -1.57. The van der Waals surface area contributed by atoms with E-state index in [1.165, 1.54) is 5.56 Å². The number of aryl methyl sites for hydroxylation is 2. The molecule has 0 aliphatic carbocycles. The summed E-state index contributed by atoms with van der Waals surface area (Å²) >= 11 is 0. The van der Waals surface area contributed by atoms with E-state index in [4.69, 9.17) is 0 Å². The second-order valence-electron chi connectivity index (χ2n) is 4.74. The normalized spacial score (nSPS) is 12.0. The first-order valence-corrected chi connectivity index (χ1v) is 6.59. The molecule has 98 valence electrons. The number of hydrogen-bond donors (Lipinski definition) is 1. The van der Waals surface area contributed by atoms with Crippen molar-refractivity contribution in [2.45, 2.75) is 40.5 Å². The lowest BCUT2D eigenvalue weighted by molar-refractivity contribution is -0.123. The zero-order chi connectivity index (χ0) is 13.7. The molecule has 1 atom stereocenters. The van der Waals surface area contributed by atoms with E-state index in [0.717, 1.165) is 29.7 Å². The van der Waals surface area contributed by atoms with Gasteiger partial charge in [0.25, 0.3) is 0 Å². The van der Waals surface area contributed by atoms with Crippen LogP contribution in [0.3, 0.4) is 0 Å². The van der Waals surface area contributed by atoms with Gasteiger partial charge in [-0.3, -0.25) is 4.79 Å². The van der Waals surface area contributed by atoms with Crippen LogP contribution < -0.4 is 5.32 Å². The molecule has 1 aromatic rings. The van der Waals surface area contributed by atoms with Crippen molar-refractivity contribution >= 4 is 11.6 Å². The highest BCUT2D eigenvalue weighted by molar-refractivity contribution is 5.88. The third kappa shape index (κ3) is 3.22. The molecule has 2 nitrogen and oxygen atoms in total. The Morgan fingerprint density at radius 2 is 2.06 bits per heavy atom. The van der Waals surface area contributed by atoms with E-state index in [1.54, 1.807) is 0 Å². The molecule has 0 saturated heterocycles. The standard InChI is InChI=1S/C16H23NO/c1-6-11(3)16(18)17-13(5)15-12(4)9-8-10-14(15)7-2/h8-11H,5-7H2,1-4H3,(H,17,18). The van der Waals surface area contributed by atoms with Crippen molar-refractivity contribution in [1.29, 1.82) is 0 Å². The zero-order valence-electron chi connectivity index (χ0n) is 11.8. The minimum absolute atomic E-state index is 0.0239. The molecule has 0 heterocycles. The SMILES string of the molecule is C=C(NC(=O)C(C)CC)c1c(C)cccc1CC. The molecule has 0 radical (unpaired) electrons. The van der Waals surface area contributed by atoms with Crippen LogP contribution in [0.25, 0.3) is 5.70 Å². The molecule has 0 aromatic heterocycles. The molecule has 1 unspecified atom stereocenters. The van der Waals surface area contributed by atoms with Crippen LogP contribution in [-0.2, 0) is 11.2 Å². The number of carbonyl (C=O) groups is 1. The van der Waals surface area contributed by atoms with Crippen LogP contribution >= 0.6 is 0 Å². The largest absolute Gasteiger partial charge is 0.326 e. The molecular weight excluding hydrogens is 222 g/mol. The van der Waals surface area contributed by atoms with E-state index in [1.807, 2.05) is 19.9 Å². The molecule has 0 saturated carbocycles. The lowest BCUT2D eigenvalue weighted by Gasteiger charge is -2.17. The lowest BCUT2D eigenvalue weighted by Crippen LogP contribution is -2.27. The second-order valence-corrected chi connectivity index (χ2v) is 4.74. The quantitative estimate of drug-likeness (QED) is 0.842. The van der Waals surface area contributed by atoms with Crippen LogP contribution in [0.4, 0.5) is 0 Å². The average molecular weight is 245 g/mol. The summed E-state index contributed by atoms with van der Waals surface area (Å²) in [6.07, 6.45) is 1.78. The van der Waals surface area contributed by atoms with Gasteiger partial charge in [0.15, 0.2) is 0 Å². The number of amides is 1. The number of rotatable bonds is 5. The van der Waals surface area contributed by atoms with E-state index in [9.17, 15) is 4.79 Å². The van der Waals surface area contributed by atoms with Gasteiger partial charge in [0, 0.05) is 17.2 Å². The van der Waals surface area contributed by atoms with Crippen LogP contribution in [0.15, 0.2) is 24.8 Å². The maximum Gasteiger partial charge on any atom is 0.227 e. The monoisotopic (exact) mass is 245 g/mol. The summed E-state index contributed by atoms with van der Waals surface area (Å²) in [5, 5.41) is 2.93. The first-order valence-electron chi connectivity index (χ1n) is 6.59. The smallest absolute Gasteiger partial charge is 0.227 e. The van der Waals surface area contributed by atoms with Crippen LogP contribution in [0, 0.1) is 12.8 Å². The minimum Gasteiger partial charge on any atom is -0.326 e. The number of carbonyl (C=O) groups excluding carboxylic acids is 1. The van der Waals surface area contributed by atoms with Crippen molar-refractivity contribution < 1.29 is 4.79 Å². The molecule has 0 aliphatic rings. The number of hydrogen-bond acceptors (Lipinski definition) is 1. The molecule has 0 fully saturated rings. The minimum atomic E-state index is 0.0239. The summed E-state index contributed by atoms with van der Waals surface area (Å²) in [6.45, 7) is 12.1. The van der Waals surface area contributed by atoms with Gasteiger partial charge in [0.2, 0.25) is 5.91 Å². The molecule has 0 spiro atoms. The van der Waals surface area contributed by atoms with Crippen LogP contribution in [0.2, 0.25) is 0 Å². The van der Waals surface area contributed by atoms with E-state index in [-0.39, 0.29) is 11.8 Å². The van der Waals surface area contributed by atoms with E-state index in [2.05, 4.69) is 37.9 Å². The number of nitrogens with one attached hydrogen (secondary N) is 1. The molecule has 0 bridgehead atoms. The maximum atomic E-state index is 11.9. The summed E-state index contributed by atoms with van der Waals surface area (Å²) in [5.41, 5.74) is 4.18. The highest BCUT2D eigenvalue weighted by Crippen LogP contribution is 2.21. The van der Waals surface area contributed by atoms with Crippen molar-refractivity contribution in [3.63, 3.8) is 0 Å². The summed E-state index contributed by atoms with van der Waals surface area (Å²) in [7, 11) is 0. The molecule has 2 heteroatoms. The van der Waals surface area contributed by atoms with Gasteiger partial charge < -0.3 is 5.32 Å². The molecule has 0 aliphatic heterocycles. The highest BCUT2D eigenvalue weighted by Gasteiger charge is 2.14. The first kappa shape index (κ1) is 14.5. The van der Waals surface area contributed by atoms with E-state index < -0.39 is 0 Å². The molecular formula is C16H23NO. The third-order valence-electron chi connectivity index (χ3n) is 3.38. The Morgan fingerprint density at radius 1 is 1.39 bits per heavy atom. The highest BCUT2D eigenvalue weighted by atomic mass is 16.1. The Balaban J connectivity index is 2.94. The van der Waals surface area contributed by atoms with Gasteiger partial charge in [0.1, 0.15) is 0 Å². The van der Waals surface area contributed by atoms with Crippen LogP contribution in [0.5, 0.6) is 0 Å². The summed E-state index contributed by atoms with van der Waals surface area (Å²) in [4.78, 5) is 11.9. The van der Waals surface area contributed by atoms with Crippen molar-refractivity contribution in [2.24, 2.45) is 5.92 Å². The van der Waals surface area contributed by atoms with Crippen molar-refractivity contribution in [2.75, 3.05) is 0 Å². The summed E-state index contributed by atoms with van der Waals surface area (Å²) in [6, 6.07) is 6.18. The zero-order valence-corrected chi connectivity index (χ0v) is 11.8. The van der Waals surface area contributed by atoms with Crippen LogP contribution in [-0.4, -0.2) is 5.91 Å². The van der Waals surface area contributed by atoms with Gasteiger partial charge in [-0.15, -0.1) is 0 Å². The van der Waals surface area contributed by atoms with Gasteiger partial charge in [-0.25, -0.2) is 0 Å². The maximum absolute atomic E-state index is 11.9. The predicted molar refractivity (Wildman–Crippen MR) is 77.2 cm³/mol. The number of benzene rings is 1. The van der Waals surface area contributed by atoms with E-state index >= 15 is 0 Å². The van der Waals surface area contributed by atoms with Gasteiger partial charge in [-0.05, 0) is 30.9 Å². The Morgan fingerprint density at radius 3 is 2.61 bits per heavy atom. The second kappa shape index (κ2) is 6.39. The average Bonchev–Trinajstić information content (AvgIpc) is 2.36. The fourth-order valence-corrected chi connectivity index (χ4v) is 1.97. The van der Waals surface area contributed by atoms with Gasteiger partial charge in [-0.2, -0.15) is 0 Å². The van der Waals surface area contributed by atoms with Crippen molar-refractivity contribution in [3.05, 3.63) is 41.5 Å². The van der Waals surface area contributed by atoms with Gasteiger partial charge in [-0.1, -0.05) is 45.5 Å². The fourth-order valence-electron chi connectivity index (χ4n) is 1.97. The fraction of sp³-hybridized carbons (Fsp3) is 0.438. The van der Waals surface area contributed by atoms with Crippen molar-refractivity contribution in [1.82, 2.24) is 5.32 Å². The van der Waals surface area contributed by atoms with Crippen molar-refractivity contribution in [3.8, 4) is 0 Å². The Labute approximate surface area is 110 Å². The predicted octanol–water partition coefficient (Wildman–Crippen LogP) is 3.69. The van der Waals surface area contributed by atoms with Gasteiger partial charge in [0.05, 0.1) is 0 Å². The molecule has 1 rings (SSSR count). The Bertz CT molecular complexity index is 448. The van der Waals surface area contributed by atoms with Crippen LogP contribution in [0.1, 0.15) is 43.9 Å². The molecule has 18 heavy (non-hydrogen) atoms. The van der Waals surface area contributed by atoms with E-state index in [0.29, 0.717) is 0 Å². The summed E-state index contributed by atoms with van der Waals surface area (Å²) in [5.74, 6) is 0.0728. The summed E-state index contributed by atoms with van der Waals surface area (Å²) < 4.78 is 0. The van der Waals surface area contributed by atoms with Gasteiger partial charge >= 0.3 is 0 Å². The lowest BCUT2D eigenvalue weighted by atomic mass is 9.97. The third-order valence-corrected chi connectivity index (χ3v) is 3.38. The molecule has 1 aromatic carbocycles. The topological polar surface area (TPSA) is 29.1 Å². The Kier molecular flexibility index (Phi) is 5.14. The first-order chi connectivity index (χ1) is 8.51. The molecule has 1 N–H and O–H groups in total.